The molecule has 0 aliphatic rings. The molecule has 1 aromatic carbocycles. The molecule has 0 aromatic heterocycles. The lowest BCUT2D eigenvalue weighted by atomic mass is 10.1. The standard InChI is InChI=1S/C8H8BrFN2/c1-5-2-6(4-12-11)7(9)3-8(5)10/h2-4H,11H2,1H3. The van der Waals surface area contributed by atoms with Crippen LogP contribution in [0.5, 0.6) is 0 Å². The van der Waals surface area contributed by atoms with E-state index in [-0.39, 0.29) is 5.82 Å². The van der Waals surface area contributed by atoms with Gasteiger partial charge in [-0.25, -0.2) is 4.39 Å². The van der Waals surface area contributed by atoms with Crippen LogP contribution in [0.3, 0.4) is 0 Å². The van der Waals surface area contributed by atoms with Crippen LogP contribution in [0.2, 0.25) is 0 Å². The number of aryl methyl sites for hydroxylation is 1. The number of halogens is 2. The summed E-state index contributed by atoms with van der Waals surface area (Å²) >= 11 is 3.20. The Morgan fingerprint density at radius 1 is 1.58 bits per heavy atom. The van der Waals surface area contributed by atoms with Crippen LogP contribution < -0.4 is 5.84 Å². The molecule has 0 heterocycles. The molecule has 0 fully saturated rings. The number of benzene rings is 1. The molecule has 4 heteroatoms. The Bertz CT molecular complexity index is 323. The molecule has 0 aliphatic carbocycles. The fourth-order valence-electron chi connectivity index (χ4n) is 0.859. The van der Waals surface area contributed by atoms with Gasteiger partial charge in [-0.2, -0.15) is 5.10 Å². The minimum absolute atomic E-state index is 0.240. The van der Waals surface area contributed by atoms with Gasteiger partial charge in [0.05, 0.1) is 6.21 Å². The zero-order chi connectivity index (χ0) is 9.14. The van der Waals surface area contributed by atoms with Gasteiger partial charge in [0.2, 0.25) is 0 Å². The predicted molar refractivity (Wildman–Crippen MR) is 50.6 cm³/mol. The van der Waals surface area contributed by atoms with Crippen LogP contribution in [0.4, 0.5) is 4.39 Å². The van der Waals surface area contributed by atoms with Crippen molar-refractivity contribution in [1.29, 1.82) is 0 Å². The molecule has 0 aliphatic heterocycles. The van der Waals surface area contributed by atoms with Crippen molar-refractivity contribution in [3.63, 3.8) is 0 Å². The van der Waals surface area contributed by atoms with Gasteiger partial charge in [0, 0.05) is 10.0 Å². The summed E-state index contributed by atoms with van der Waals surface area (Å²) < 4.78 is 13.5. The highest BCUT2D eigenvalue weighted by Gasteiger charge is 2.02. The van der Waals surface area contributed by atoms with Gasteiger partial charge in [0.25, 0.3) is 0 Å². The lowest BCUT2D eigenvalue weighted by Gasteiger charge is -2.00. The average Bonchev–Trinajstić information content (AvgIpc) is 2.01. The average molecular weight is 231 g/mol. The molecule has 1 rings (SSSR count). The Morgan fingerprint density at radius 3 is 2.83 bits per heavy atom. The molecular weight excluding hydrogens is 223 g/mol. The molecule has 0 saturated carbocycles. The number of nitrogens with zero attached hydrogens (tertiary/aromatic N) is 1. The fraction of sp³-hybridized carbons (Fsp3) is 0.125. The third kappa shape index (κ3) is 1.82. The molecule has 0 radical (unpaired) electrons. The Labute approximate surface area is 78.4 Å². The molecule has 64 valence electrons. The first-order chi connectivity index (χ1) is 5.65. The third-order valence-electron chi connectivity index (χ3n) is 1.49. The lowest BCUT2D eigenvalue weighted by Crippen LogP contribution is -1.91. The maximum absolute atomic E-state index is 12.9. The van der Waals surface area contributed by atoms with Crippen molar-refractivity contribution in [2.75, 3.05) is 0 Å². The van der Waals surface area contributed by atoms with Crippen LogP contribution in [0.25, 0.3) is 0 Å². The van der Waals surface area contributed by atoms with Crippen LogP contribution in [0, 0.1) is 12.7 Å². The van der Waals surface area contributed by atoms with Crippen LogP contribution in [-0.4, -0.2) is 6.21 Å². The smallest absolute Gasteiger partial charge is 0.127 e. The summed E-state index contributed by atoms with van der Waals surface area (Å²) in [5.41, 5.74) is 1.35. The van der Waals surface area contributed by atoms with Gasteiger partial charge < -0.3 is 5.84 Å². The second-order valence-corrected chi connectivity index (χ2v) is 3.26. The van der Waals surface area contributed by atoms with Crippen molar-refractivity contribution >= 4 is 22.1 Å². The zero-order valence-corrected chi connectivity index (χ0v) is 8.10. The highest BCUT2D eigenvalue weighted by Crippen LogP contribution is 2.19. The number of hydrogen-bond acceptors (Lipinski definition) is 2. The highest BCUT2D eigenvalue weighted by molar-refractivity contribution is 9.10. The van der Waals surface area contributed by atoms with E-state index in [1.54, 1.807) is 13.0 Å². The quantitative estimate of drug-likeness (QED) is 0.449. The third-order valence-corrected chi connectivity index (χ3v) is 2.18. The van der Waals surface area contributed by atoms with Gasteiger partial charge >= 0.3 is 0 Å². The molecule has 0 atom stereocenters. The summed E-state index contributed by atoms with van der Waals surface area (Å²) in [5.74, 6) is 4.73. The maximum Gasteiger partial charge on any atom is 0.127 e. The van der Waals surface area contributed by atoms with Crippen molar-refractivity contribution in [2.45, 2.75) is 6.92 Å². The van der Waals surface area contributed by atoms with Gasteiger partial charge in [-0.3, -0.25) is 0 Å². The largest absolute Gasteiger partial charge is 0.323 e. The molecule has 0 unspecified atom stereocenters. The molecule has 2 N–H and O–H groups in total. The first kappa shape index (κ1) is 9.19. The topological polar surface area (TPSA) is 38.4 Å². The highest BCUT2D eigenvalue weighted by atomic mass is 79.9. The Hall–Kier alpha value is -0.900. The zero-order valence-electron chi connectivity index (χ0n) is 6.51. The summed E-state index contributed by atoms with van der Waals surface area (Å²) in [6, 6.07) is 3.07. The van der Waals surface area contributed by atoms with E-state index in [2.05, 4.69) is 21.0 Å². The predicted octanol–water partition coefficient (Wildman–Crippen LogP) is 2.19. The summed E-state index contributed by atoms with van der Waals surface area (Å²) in [5, 5.41) is 3.36. The van der Waals surface area contributed by atoms with Gasteiger partial charge in [-0.05, 0) is 24.6 Å². The van der Waals surface area contributed by atoms with E-state index in [1.807, 2.05) is 0 Å². The molecule has 12 heavy (non-hydrogen) atoms. The van der Waals surface area contributed by atoms with Crippen molar-refractivity contribution in [2.24, 2.45) is 10.9 Å². The van der Waals surface area contributed by atoms with Crippen LogP contribution in [0.1, 0.15) is 11.1 Å². The SMILES string of the molecule is Cc1cc(C=NN)c(Br)cc1F. The maximum atomic E-state index is 12.9. The van der Waals surface area contributed by atoms with Gasteiger partial charge in [0.15, 0.2) is 0 Å². The number of hydrazone groups is 1. The van der Waals surface area contributed by atoms with E-state index in [0.717, 1.165) is 5.56 Å². The van der Waals surface area contributed by atoms with Crippen LogP contribution in [0.15, 0.2) is 21.7 Å². The Kier molecular flexibility index (Phi) is 2.81. The van der Waals surface area contributed by atoms with E-state index < -0.39 is 0 Å². The van der Waals surface area contributed by atoms with E-state index in [0.29, 0.717) is 10.0 Å². The second kappa shape index (κ2) is 3.67. The van der Waals surface area contributed by atoms with E-state index in [1.165, 1.54) is 12.3 Å². The molecule has 1 aromatic rings. The monoisotopic (exact) mass is 230 g/mol. The lowest BCUT2D eigenvalue weighted by molar-refractivity contribution is 0.617. The minimum atomic E-state index is -0.240. The molecule has 0 spiro atoms. The Balaban J connectivity index is 3.23. The van der Waals surface area contributed by atoms with Crippen molar-refractivity contribution in [1.82, 2.24) is 0 Å². The normalized spacial score (nSPS) is 10.9. The number of rotatable bonds is 1. The first-order valence-electron chi connectivity index (χ1n) is 3.34. The molecule has 0 amide bonds. The second-order valence-electron chi connectivity index (χ2n) is 2.40. The van der Waals surface area contributed by atoms with Crippen molar-refractivity contribution in [3.05, 3.63) is 33.5 Å². The molecule has 0 saturated heterocycles. The summed E-state index contributed by atoms with van der Waals surface area (Å²) in [6.07, 6.45) is 1.47. The summed E-state index contributed by atoms with van der Waals surface area (Å²) in [7, 11) is 0. The van der Waals surface area contributed by atoms with E-state index in [4.69, 9.17) is 5.84 Å². The molecular formula is C8H8BrFN2. The Morgan fingerprint density at radius 2 is 2.25 bits per heavy atom. The van der Waals surface area contributed by atoms with E-state index in [9.17, 15) is 4.39 Å². The number of nitrogens with two attached hydrogens (primary N) is 1. The molecule has 0 bridgehead atoms. The van der Waals surface area contributed by atoms with Gasteiger partial charge in [-0.15, -0.1) is 0 Å². The van der Waals surface area contributed by atoms with E-state index >= 15 is 0 Å². The first-order valence-corrected chi connectivity index (χ1v) is 4.13. The summed E-state index contributed by atoms with van der Waals surface area (Å²) in [4.78, 5) is 0. The number of hydrogen-bond donors (Lipinski definition) is 1. The minimum Gasteiger partial charge on any atom is -0.323 e. The fourth-order valence-corrected chi connectivity index (χ4v) is 1.28. The van der Waals surface area contributed by atoms with Gasteiger partial charge in [0.1, 0.15) is 5.82 Å². The van der Waals surface area contributed by atoms with Crippen molar-refractivity contribution in [3.8, 4) is 0 Å². The molecule has 2 nitrogen and oxygen atoms in total. The summed E-state index contributed by atoms with van der Waals surface area (Å²) in [6.45, 7) is 1.69. The van der Waals surface area contributed by atoms with Crippen molar-refractivity contribution < 1.29 is 4.39 Å². The van der Waals surface area contributed by atoms with Crippen LogP contribution in [-0.2, 0) is 0 Å². The van der Waals surface area contributed by atoms with Gasteiger partial charge in [-0.1, -0.05) is 15.9 Å². The van der Waals surface area contributed by atoms with Crippen LogP contribution >= 0.6 is 15.9 Å².